The van der Waals surface area contributed by atoms with Gasteiger partial charge in [0, 0.05) is 22.9 Å². The van der Waals surface area contributed by atoms with Gasteiger partial charge in [-0.1, -0.05) is 19.9 Å². The molecule has 0 radical (unpaired) electrons. The quantitative estimate of drug-likeness (QED) is 0.894. The molecule has 0 aliphatic carbocycles. The fraction of sp³-hybridized carbons (Fsp3) is 0.533. The Morgan fingerprint density at radius 1 is 1.45 bits per heavy atom. The van der Waals surface area contributed by atoms with Crippen molar-refractivity contribution in [3.63, 3.8) is 0 Å². The van der Waals surface area contributed by atoms with Crippen LogP contribution in [0.1, 0.15) is 20.3 Å². The van der Waals surface area contributed by atoms with E-state index in [0.717, 1.165) is 23.6 Å². The lowest BCUT2D eigenvalue weighted by Crippen LogP contribution is -2.61. The molecule has 1 aliphatic rings. The standard InChI is InChI=1S/C15H21NO3S/c1-14(2)7-8-20-10-15(14,13(17)18)16-11-5-4-6-12(9-11)19-3/h4-6,9,16H,7-8,10H2,1-3H3,(H,17,18). The highest BCUT2D eigenvalue weighted by atomic mass is 32.2. The summed E-state index contributed by atoms with van der Waals surface area (Å²) in [6.45, 7) is 4.04. The first-order valence-electron chi connectivity index (χ1n) is 6.65. The van der Waals surface area contributed by atoms with Gasteiger partial charge in [0.1, 0.15) is 11.3 Å². The molecule has 1 aliphatic heterocycles. The summed E-state index contributed by atoms with van der Waals surface area (Å²) in [5.41, 5.74) is -0.488. The molecule has 2 rings (SSSR count). The fourth-order valence-electron chi connectivity index (χ4n) is 2.52. The van der Waals surface area contributed by atoms with Gasteiger partial charge in [-0.2, -0.15) is 11.8 Å². The van der Waals surface area contributed by atoms with Gasteiger partial charge in [-0.05, 0) is 24.3 Å². The molecule has 1 atom stereocenters. The largest absolute Gasteiger partial charge is 0.497 e. The topological polar surface area (TPSA) is 58.6 Å². The Hall–Kier alpha value is -1.36. The normalized spacial score (nSPS) is 24.9. The number of methoxy groups -OCH3 is 1. The minimum atomic E-state index is -0.956. The second-order valence-corrected chi connectivity index (χ2v) is 6.86. The average molecular weight is 295 g/mol. The van der Waals surface area contributed by atoms with Crippen LogP contribution in [0.2, 0.25) is 0 Å². The van der Waals surface area contributed by atoms with E-state index in [1.54, 1.807) is 18.9 Å². The SMILES string of the molecule is COc1cccc(NC2(C(=O)O)CSCCC2(C)C)c1. The number of aliphatic carboxylic acids is 1. The van der Waals surface area contributed by atoms with E-state index < -0.39 is 11.5 Å². The number of thioether (sulfide) groups is 1. The molecule has 2 N–H and O–H groups in total. The number of anilines is 1. The van der Waals surface area contributed by atoms with Gasteiger partial charge in [-0.25, -0.2) is 4.79 Å². The number of nitrogens with one attached hydrogen (secondary N) is 1. The lowest BCUT2D eigenvalue weighted by Gasteiger charge is -2.47. The molecule has 1 aromatic rings. The molecule has 1 aromatic carbocycles. The second-order valence-electron chi connectivity index (χ2n) is 5.75. The van der Waals surface area contributed by atoms with Crippen LogP contribution >= 0.6 is 11.8 Å². The predicted molar refractivity (Wildman–Crippen MR) is 82.7 cm³/mol. The Morgan fingerprint density at radius 2 is 2.20 bits per heavy atom. The van der Waals surface area contributed by atoms with Gasteiger partial charge in [0.2, 0.25) is 0 Å². The summed E-state index contributed by atoms with van der Waals surface area (Å²) in [6, 6.07) is 7.42. The summed E-state index contributed by atoms with van der Waals surface area (Å²) in [6.07, 6.45) is 0.876. The van der Waals surface area contributed by atoms with Crippen molar-refractivity contribution in [2.75, 3.05) is 23.9 Å². The van der Waals surface area contributed by atoms with E-state index in [0.29, 0.717) is 5.75 Å². The van der Waals surface area contributed by atoms with Crippen LogP contribution in [0.25, 0.3) is 0 Å². The van der Waals surface area contributed by atoms with Gasteiger partial charge < -0.3 is 15.2 Å². The lowest BCUT2D eigenvalue weighted by atomic mass is 9.70. The maximum Gasteiger partial charge on any atom is 0.330 e. The van der Waals surface area contributed by atoms with E-state index in [1.807, 2.05) is 38.1 Å². The monoisotopic (exact) mass is 295 g/mol. The second kappa shape index (κ2) is 5.56. The molecule has 20 heavy (non-hydrogen) atoms. The van der Waals surface area contributed by atoms with Crippen molar-refractivity contribution in [2.24, 2.45) is 5.41 Å². The van der Waals surface area contributed by atoms with Gasteiger partial charge in [-0.3, -0.25) is 0 Å². The van der Waals surface area contributed by atoms with Crippen molar-refractivity contribution < 1.29 is 14.6 Å². The molecule has 1 fully saturated rings. The summed E-state index contributed by atoms with van der Waals surface area (Å²) in [7, 11) is 1.60. The van der Waals surface area contributed by atoms with Crippen LogP contribution in [0.5, 0.6) is 5.75 Å². The van der Waals surface area contributed by atoms with Crippen LogP contribution < -0.4 is 10.1 Å². The van der Waals surface area contributed by atoms with Crippen molar-refractivity contribution in [1.29, 1.82) is 0 Å². The molecule has 110 valence electrons. The summed E-state index contributed by atoms with van der Waals surface area (Å²) in [5, 5.41) is 13.1. The lowest BCUT2D eigenvalue weighted by molar-refractivity contribution is -0.145. The summed E-state index contributed by atoms with van der Waals surface area (Å²) in [5.74, 6) is 1.49. The van der Waals surface area contributed by atoms with Gasteiger partial charge in [-0.15, -0.1) is 0 Å². The van der Waals surface area contributed by atoms with Crippen LogP contribution in [0.3, 0.4) is 0 Å². The third-order valence-corrected chi connectivity index (χ3v) is 5.27. The van der Waals surface area contributed by atoms with E-state index in [1.165, 1.54) is 0 Å². The Morgan fingerprint density at radius 3 is 2.80 bits per heavy atom. The van der Waals surface area contributed by atoms with Crippen LogP contribution in [-0.2, 0) is 4.79 Å². The number of carbonyl (C=O) groups is 1. The third-order valence-electron chi connectivity index (χ3n) is 4.14. The Labute approximate surface area is 123 Å². The van der Waals surface area contributed by atoms with E-state index in [4.69, 9.17) is 4.74 Å². The summed E-state index contributed by atoms with van der Waals surface area (Å²) in [4.78, 5) is 11.9. The molecule has 1 unspecified atom stereocenters. The number of ether oxygens (including phenoxy) is 1. The third kappa shape index (κ3) is 2.59. The molecule has 0 bridgehead atoms. The molecule has 0 saturated carbocycles. The van der Waals surface area contributed by atoms with Crippen LogP contribution in [0, 0.1) is 5.41 Å². The molecule has 0 aromatic heterocycles. The molecule has 0 amide bonds. The molecule has 4 nitrogen and oxygen atoms in total. The Bertz CT molecular complexity index is 504. The first-order chi connectivity index (χ1) is 9.41. The molecule has 1 heterocycles. The van der Waals surface area contributed by atoms with E-state index in [9.17, 15) is 9.90 Å². The van der Waals surface area contributed by atoms with Crippen LogP contribution in [0.4, 0.5) is 5.69 Å². The van der Waals surface area contributed by atoms with Gasteiger partial charge in [0.15, 0.2) is 0 Å². The highest BCUT2D eigenvalue weighted by molar-refractivity contribution is 7.99. The van der Waals surface area contributed by atoms with E-state index >= 15 is 0 Å². The number of hydrogen-bond donors (Lipinski definition) is 2. The first-order valence-corrected chi connectivity index (χ1v) is 7.80. The molecule has 1 saturated heterocycles. The maximum atomic E-state index is 11.9. The zero-order chi connectivity index (χ0) is 14.8. The summed E-state index contributed by atoms with van der Waals surface area (Å²) >= 11 is 1.69. The van der Waals surface area contributed by atoms with E-state index in [-0.39, 0.29) is 5.41 Å². The minimum absolute atomic E-state index is 0.312. The molecular formula is C15H21NO3S. The highest BCUT2D eigenvalue weighted by Crippen LogP contribution is 2.44. The first kappa shape index (κ1) is 15.0. The molecule has 0 spiro atoms. The Balaban J connectivity index is 2.36. The predicted octanol–water partition coefficient (Wildman–Crippen LogP) is 3.09. The van der Waals surface area contributed by atoms with Crippen LogP contribution in [-0.4, -0.2) is 35.2 Å². The molecule has 5 heteroatoms. The zero-order valence-corrected chi connectivity index (χ0v) is 12.9. The van der Waals surface area contributed by atoms with Crippen molar-refractivity contribution >= 4 is 23.4 Å². The van der Waals surface area contributed by atoms with Crippen molar-refractivity contribution in [2.45, 2.75) is 25.8 Å². The zero-order valence-electron chi connectivity index (χ0n) is 12.1. The number of benzene rings is 1. The fourth-order valence-corrected chi connectivity index (χ4v) is 4.21. The number of hydrogen-bond acceptors (Lipinski definition) is 4. The van der Waals surface area contributed by atoms with Crippen molar-refractivity contribution in [3.05, 3.63) is 24.3 Å². The number of rotatable bonds is 4. The number of carboxylic acid groups (broad SMARTS) is 1. The van der Waals surface area contributed by atoms with Gasteiger partial charge in [0.25, 0.3) is 0 Å². The van der Waals surface area contributed by atoms with Crippen molar-refractivity contribution in [3.8, 4) is 5.75 Å². The average Bonchev–Trinajstić information content (AvgIpc) is 2.41. The highest BCUT2D eigenvalue weighted by Gasteiger charge is 2.53. The van der Waals surface area contributed by atoms with Crippen molar-refractivity contribution in [1.82, 2.24) is 0 Å². The van der Waals surface area contributed by atoms with Crippen LogP contribution in [0.15, 0.2) is 24.3 Å². The Kier molecular flexibility index (Phi) is 4.18. The van der Waals surface area contributed by atoms with E-state index in [2.05, 4.69) is 5.32 Å². The summed E-state index contributed by atoms with van der Waals surface area (Å²) < 4.78 is 5.20. The smallest absolute Gasteiger partial charge is 0.330 e. The minimum Gasteiger partial charge on any atom is -0.497 e. The van der Waals surface area contributed by atoms with Gasteiger partial charge in [0.05, 0.1) is 7.11 Å². The maximum absolute atomic E-state index is 11.9. The molecular weight excluding hydrogens is 274 g/mol. The van der Waals surface area contributed by atoms with Gasteiger partial charge >= 0.3 is 5.97 Å². The number of carboxylic acids is 1.